The van der Waals surface area contributed by atoms with E-state index in [0.29, 0.717) is 19.4 Å². The van der Waals surface area contributed by atoms with Gasteiger partial charge in [0.25, 0.3) is 0 Å². The van der Waals surface area contributed by atoms with Gasteiger partial charge in [0, 0.05) is 19.4 Å². The maximum absolute atomic E-state index is 12.6. The average Bonchev–Trinajstić information content (AvgIpc) is 3.22. The van der Waals surface area contributed by atoms with E-state index in [1.54, 1.807) is 0 Å². The third kappa shape index (κ3) is 45.8. The minimum Gasteiger partial charge on any atom is -0.462 e. The molecule has 0 N–H and O–H groups in total. The van der Waals surface area contributed by atoms with Gasteiger partial charge in [-0.05, 0) is 89.9 Å². The predicted molar refractivity (Wildman–Crippen MR) is 251 cm³/mol. The summed E-state index contributed by atoms with van der Waals surface area (Å²) >= 11 is 0. The number of esters is 2. The van der Waals surface area contributed by atoms with Crippen molar-refractivity contribution >= 4 is 11.9 Å². The Morgan fingerprint density at radius 2 is 0.776 bits per heavy atom. The Labute approximate surface area is 359 Å². The zero-order chi connectivity index (χ0) is 42.1. The predicted octanol–water partition coefficient (Wildman–Crippen LogP) is 16.1. The molecule has 5 nitrogen and oxygen atoms in total. The first-order valence-electron chi connectivity index (χ1n) is 24.1. The lowest BCUT2D eigenvalue weighted by Crippen LogP contribution is -2.30. The van der Waals surface area contributed by atoms with Crippen LogP contribution in [0.5, 0.6) is 0 Å². The third-order valence-electron chi connectivity index (χ3n) is 9.93. The molecule has 5 heteroatoms. The van der Waals surface area contributed by atoms with Gasteiger partial charge in [-0.15, -0.1) is 0 Å². The number of rotatable bonds is 43. The maximum Gasteiger partial charge on any atom is 0.306 e. The van der Waals surface area contributed by atoms with E-state index in [2.05, 4.69) is 106 Å². The van der Waals surface area contributed by atoms with Crippen molar-refractivity contribution in [1.29, 1.82) is 0 Å². The standard InChI is InChI=1S/C53H90O5/c1-4-7-10-13-16-18-20-22-24-26-27-28-29-31-33-35-38-40-43-46-52(54)57-50-51(58-53(55)47-44-41-37-15-12-9-6-3)49-56-48-45-42-39-36-34-32-30-25-23-21-19-17-14-11-8-5-2/h7-8,10-11,16-19,22-25,27-28,51H,4-6,9,12-15,20-21,26,29-50H2,1-3H3/b10-7-,11-8-,18-16-,19-17-,24-22-,25-23-,28-27-. The Hall–Kier alpha value is -2.92. The quantitative estimate of drug-likeness (QED) is 0.0349. The van der Waals surface area contributed by atoms with E-state index < -0.39 is 6.10 Å². The molecule has 0 radical (unpaired) electrons. The second kappa shape index (κ2) is 48.4. The van der Waals surface area contributed by atoms with Crippen LogP contribution >= 0.6 is 0 Å². The number of ether oxygens (including phenoxy) is 3. The molecule has 0 bridgehead atoms. The molecule has 0 aromatic heterocycles. The van der Waals surface area contributed by atoms with Gasteiger partial charge in [-0.1, -0.05) is 196 Å². The van der Waals surface area contributed by atoms with E-state index >= 15 is 0 Å². The number of allylic oxidation sites excluding steroid dienone is 14. The highest BCUT2D eigenvalue weighted by atomic mass is 16.6. The summed E-state index contributed by atoms with van der Waals surface area (Å²) in [6.07, 6.45) is 63.1. The van der Waals surface area contributed by atoms with Gasteiger partial charge in [0.1, 0.15) is 6.61 Å². The lowest BCUT2D eigenvalue weighted by molar-refractivity contribution is -0.163. The molecule has 0 rings (SSSR count). The molecule has 58 heavy (non-hydrogen) atoms. The van der Waals surface area contributed by atoms with Gasteiger partial charge >= 0.3 is 11.9 Å². The smallest absolute Gasteiger partial charge is 0.306 e. The molecule has 0 aliphatic carbocycles. The first-order chi connectivity index (χ1) is 28.6. The summed E-state index contributed by atoms with van der Waals surface area (Å²) in [5, 5.41) is 0. The van der Waals surface area contributed by atoms with E-state index in [0.717, 1.165) is 109 Å². The van der Waals surface area contributed by atoms with E-state index in [9.17, 15) is 9.59 Å². The van der Waals surface area contributed by atoms with Gasteiger partial charge in [0.2, 0.25) is 0 Å². The molecular formula is C53H90O5. The first kappa shape index (κ1) is 55.1. The zero-order valence-electron chi connectivity index (χ0n) is 38.0. The van der Waals surface area contributed by atoms with E-state index in [1.165, 1.54) is 70.6 Å². The fourth-order valence-corrected chi connectivity index (χ4v) is 6.40. The van der Waals surface area contributed by atoms with Gasteiger partial charge in [-0.3, -0.25) is 9.59 Å². The number of carbonyl (C=O) groups excluding carboxylic acids is 2. The molecule has 0 amide bonds. The van der Waals surface area contributed by atoms with Crippen LogP contribution < -0.4 is 0 Å². The van der Waals surface area contributed by atoms with Crippen molar-refractivity contribution in [1.82, 2.24) is 0 Å². The molecule has 0 saturated heterocycles. The fraction of sp³-hybridized carbons (Fsp3) is 0.698. The number of carbonyl (C=O) groups is 2. The van der Waals surface area contributed by atoms with Crippen molar-refractivity contribution in [2.24, 2.45) is 0 Å². The minimum atomic E-state index is -0.548. The summed E-state index contributed by atoms with van der Waals surface area (Å²) < 4.78 is 17.3. The van der Waals surface area contributed by atoms with Crippen LogP contribution in [-0.2, 0) is 23.8 Å². The Morgan fingerprint density at radius 1 is 0.397 bits per heavy atom. The topological polar surface area (TPSA) is 61.8 Å². The summed E-state index contributed by atoms with van der Waals surface area (Å²) in [5.41, 5.74) is 0. The zero-order valence-corrected chi connectivity index (χ0v) is 38.0. The monoisotopic (exact) mass is 807 g/mol. The summed E-state index contributed by atoms with van der Waals surface area (Å²) in [4.78, 5) is 25.2. The van der Waals surface area contributed by atoms with Crippen LogP contribution in [0.4, 0.5) is 0 Å². The number of hydrogen-bond donors (Lipinski definition) is 0. The number of unbranched alkanes of at least 4 members (excludes halogenated alkanes) is 18. The molecule has 1 unspecified atom stereocenters. The van der Waals surface area contributed by atoms with Crippen LogP contribution in [-0.4, -0.2) is 37.9 Å². The summed E-state index contributed by atoms with van der Waals surface area (Å²) in [7, 11) is 0. The SMILES string of the molecule is CC/C=C\C/C=C\C/C=C\C/C=C\CCCCCCCCC(=O)OCC(COCCCCCCCC/C=C\C/C=C\C/C=C\CC)OC(=O)CCCCCCCCC. The van der Waals surface area contributed by atoms with Crippen LogP contribution in [0.1, 0.15) is 213 Å². The molecule has 0 heterocycles. The highest BCUT2D eigenvalue weighted by Gasteiger charge is 2.17. The maximum atomic E-state index is 12.6. The molecule has 332 valence electrons. The van der Waals surface area contributed by atoms with Crippen LogP contribution in [0.25, 0.3) is 0 Å². The van der Waals surface area contributed by atoms with Crippen LogP contribution in [0, 0.1) is 0 Å². The van der Waals surface area contributed by atoms with Crippen molar-refractivity contribution in [3.8, 4) is 0 Å². The second-order valence-electron chi connectivity index (χ2n) is 15.6. The van der Waals surface area contributed by atoms with Crippen molar-refractivity contribution < 1.29 is 23.8 Å². The molecule has 0 saturated carbocycles. The van der Waals surface area contributed by atoms with Crippen LogP contribution in [0.15, 0.2) is 85.1 Å². The third-order valence-corrected chi connectivity index (χ3v) is 9.93. The van der Waals surface area contributed by atoms with Gasteiger partial charge < -0.3 is 14.2 Å². The Morgan fingerprint density at radius 3 is 1.24 bits per heavy atom. The second-order valence-corrected chi connectivity index (χ2v) is 15.6. The number of hydrogen-bond acceptors (Lipinski definition) is 5. The first-order valence-corrected chi connectivity index (χ1v) is 24.1. The van der Waals surface area contributed by atoms with Crippen LogP contribution in [0.2, 0.25) is 0 Å². The van der Waals surface area contributed by atoms with Crippen molar-refractivity contribution in [2.45, 2.75) is 219 Å². The summed E-state index contributed by atoms with van der Waals surface area (Å²) in [6, 6.07) is 0. The minimum absolute atomic E-state index is 0.0694. The summed E-state index contributed by atoms with van der Waals surface area (Å²) in [6.45, 7) is 7.52. The lowest BCUT2D eigenvalue weighted by atomic mass is 10.1. The average molecular weight is 807 g/mol. The van der Waals surface area contributed by atoms with Crippen molar-refractivity contribution in [3.63, 3.8) is 0 Å². The molecule has 0 fully saturated rings. The molecule has 0 aliphatic heterocycles. The summed E-state index contributed by atoms with van der Waals surface area (Å²) in [5.74, 6) is -0.429. The molecule has 0 aromatic carbocycles. The van der Waals surface area contributed by atoms with E-state index in [1.807, 2.05) is 0 Å². The van der Waals surface area contributed by atoms with E-state index in [4.69, 9.17) is 14.2 Å². The van der Waals surface area contributed by atoms with E-state index in [-0.39, 0.29) is 25.2 Å². The highest BCUT2D eigenvalue weighted by Crippen LogP contribution is 2.13. The lowest BCUT2D eigenvalue weighted by Gasteiger charge is -2.18. The van der Waals surface area contributed by atoms with Gasteiger partial charge in [0.15, 0.2) is 6.10 Å². The van der Waals surface area contributed by atoms with Gasteiger partial charge in [-0.25, -0.2) is 0 Å². The Balaban J connectivity index is 4.18. The molecule has 0 aromatic rings. The Bertz CT molecular complexity index is 1090. The molecule has 0 aliphatic rings. The van der Waals surface area contributed by atoms with Gasteiger partial charge in [-0.2, -0.15) is 0 Å². The van der Waals surface area contributed by atoms with Crippen molar-refractivity contribution in [3.05, 3.63) is 85.1 Å². The highest BCUT2D eigenvalue weighted by molar-refractivity contribution is 5.70. The van der Waals surface area contributed by atoms with Gasteiger partial charge in [0.05, 0.1) is 6.61 Å². The molecular weight excluding hydrogens is 717 g/mol. The van der Waals surface area contributed by atoms with Crippen LogP contribution in [0.3, 0.4) is 0 Å². The molecule has 0 spiro atoms. The fourth-order valence-electron chi connectivity index (χ4n) is 6.40. The van der Waals surface area contributed by atoms with Crippen molar-refractivity contribution in [2.75, 3.05) is 19.8 Å². The Kier molecular flexibility index (Phi) is 46.0. The largest absolute Gasteiger partial charge is 0.462 e. The molecule has 1 atom stereocenters. The normalized spacial score (nSPS) is 12.9.